The summed E-state index contributed by atoms with van der Waals surface area (Å²) in [6.07, 6.45) is 6.33. The molecule has 0 spiro atoms. The predicted molar refractivity (Wildman–Crippen MR) is 81.6 cm³/mol. The largest absolute Gasteiger partial charge is 0.317 e. The molecule has 0 amide bonds. The van der Waals surface area contributed by atoms with Crippen LogP contribution in [0.4, 0.5) is 0 Å². The van der Waals surface area contributed by atoms with Gasteiger partial charge < -0.3 is 9.88 Å². The summed E-state index contributed by atoms with van der Waals surface area (Å²) in [6, 6.07) is 6.43. The van der Waals surface area contributed by atoms with E-state index in [1.807, 2.05) is 18.0 Å². The Labute approximate surface area is 121 Å². The third kappa shape index (κ3) is 2.03. The van der Waals surface area contributed by atoms with Crippen LogP contribution in [0.25, 0.3) is 15.9 Å². The SMILES string of the molecule is c1nc2ccc(-n3cncc3C3CCNCC3)cc2s1. The van der Waals surface area contributed by atoms with Gasteiger partial charge >= 0.3 is 0 Å². The van der Waals surface area contributed by atoms with Crippen LogP contribution in [0, 0.1) is 0 Å². The van der Waals surface area contributed by atoms with Crippen molar-refractivity contribution in [1.82, 2.24) is 19.9 Å². The number of rotatable bonds is 2. The molecule has 1 N–H and O–H groups in total. The van der Waals surface area contributed by atoms with Gasteiger partial charge in [-0.3, -0.25) is 0 Å². The maximum Gasteiger partial charge on any atom is 0.0994 e. The highest BCUT2D eigenvalue weighted by molar-refractivity contribution is 7.16. The van der Waals surface area contributed by atoms with Gasteiger partial charge in [0.05, 0.1) is 22.1 Å². The minimum atomic E-state index is 0.607. The van der Waals surface area contributed by atoms with E-state index >= 15 is 0 Å². The third-order valence-electron chi connectivity index (χ3n) is 4.02. The molecule has 1 aromatic carbocycles. The first-order valence-corrected chi connectivity index (χ1v) is 7.86. The molecule has 3 aromatic rings. The number of nitrogens with zero attached hydrogens (tertiary/aromatic N) is 3. The summed E-state index contributed by atoms with van der Waals surface area (Å²) in [5.41, 5.74) is 5.49. The number of thiazole rings is 1. The Bertz CT molecular complexity index is 724. The van der Waals surface area contributed by atoms with Crippen LogP contribution in [0.5, 0.6) is 0 Å². The summed E-state index contributed by atoms with van der Waals surface area (Å²) in [6.45, 7) is 2.20. The summed E-state index contributed by atoms with van der Waals surface area (Å²) in [5.74, 6) is 0.607. The number of aromatic nitrogens is 3. The minimum absolute atomic E-state index is 0.607. The molecule has 4 rings (SSSR count). The Kier molecular flexibility index (Phi) is 3.01. The Morgan fingerprint density at radius 1 is 1.25 bits per heavy atom. The molecule has 20 heavy (non-hydrogen) atoms. The first-order chi connectivity index (χ1) is 9.92. The van der Waals surface area contributed by atoms with Crippen LogP contribution in [0.15, 0.2) is 36.2 Å². The van der Waals surface area contributed by atoms with E-state index < -0.39 is 0 Å². The molecule has 0 atom stereocenters. The summed E-state index contributed by atoms with van der Waals surface area (Å²) < 4.78 is 3.46. The van der Waals surface area contributed by atoms with E-state index in [9.17, 15) is 0 Å². The Morgan fingerprint density at radius 3 is 3.05 bits per heavy atom. The van der Waals surface area contributed by atoms with Crippen molar-refractivity contribution in [2.75, 3.05) is 13.1 Å². The second-order valence-corrected chi connectivity index (χ2v) is 6.10. The lowest BCUT2D eigenvalue weighted by Gasteiger charge is -2.23. The molecule has 1 saturated heterocycles. The van der Waals surface area contributed by atoms with Crippen molar-refractivity contribution >= 4 is 21.6 Å². The molecule has 1 aliphatic heterocycles. The zero-order chi connectivity index (χ0) is 13.4. The molecule has 2 aromatic heterocycles. The van der Waals surface area contributed by atoms with Crippen LogP contribution in [0.3, 0.4) is 0 Å². The van der Waals surface area contributed by atoms with E-state index in [4.69, 9.17) is 0 Å². The zero-order valence-electron chi connectivity index (χ0n) is 11.1. The molecule has 3 heterocycles. The van der Waals surface area contributed by atoms with Crippen molar-refractivity contribution in [1.29, 1.82) is 0 Å². The van der Waals surface area contributed by atoms with Crippen LogP contribution in [-0.4, -0.2) is 27.6 Å². The number of fused-ring (bicyclic) bond motifs is 1. The molecule has 0 aliphatic carbocycles. The number of hydrogen-bond acceptors (Lipinski definition) is 4. The highest BCUT2D eigenvalue weighted by atomic mass is 32.1. The third-order valence-corrected chi connectivity index (χ3v) is 4.81. The van der Waals surface area contributed by atoms with Crippen molar-refractivity contribution in [3.8, 4) is 5.69 Å². The van der Waals surface area contributed by atoms with Gasteiger partial charge in [0.15, 0.2) is 0 Å². The van der Waals surface area contributed by atoms with E-state index in [2.05, 4.69) is 38.1 Å². The first kappa shape index (κ1) is 12.1. The summed E-state index contributed by atoms with van der Waals surface area (Å²) in [7, 11) is 0. The lowest BCUT2D eigenvalue weighted by molar-refractivity contribution is 0.449. The average Bonchev–Trinajstić information content (AvgIpc) is 3.16. The number of hydrogen-bond donors (Lipinski definition) is 1. The van der Waals surface area contributed by atoms with Crippen LogP contribution in [0.1, 0.15) is 24.5 Å². The molecule has 1 aliphatic rings. The minimum Gasteiger partial charge on any atom is -0.317 e. The molecular formula is C15H16N4S. The fourth-order valence-electron chi connectivity index (χ4n) is 2.93. The van der Waals surface area contributed by atoms with E-state index in [0.29, 0.717) is 5.92 Å². The molecule has 0 unspecified atom stereocenters. The van der Waals surface area contributed by atoms with Crippen molar-refractivity contribution < 1.29 is 0 Å². The van der Waals surface area contributed by atoms with Gasteiger partial charge in [-0.1, -0.05) is 0 Å². The average molecular weight is 284 g/mol. The van der Waals surface area contributed by atoms with Gasteiger partial charge in [0.2, 0.25) is 0 Å². The fourth-order valence-corrected chi connectivity index (χ4v) is 3.64. The van der Waals surface area contributed by atoms with Crippen molar-refractivity contribution in [3.63, 3.8) is 0 Å². The van der Waals surface area contributed by atoms with E-state index in [1.54, 1.807) is 11.3 Å². The van der Waals surface area contributed by atoms with Gasteiger partial charge in [-0.05, 0) is 44.1 Å². The number of imidazole rings is 1. The normalized spacial score (nSPS) is 16.8. The zero-order valence-corrected chi connectivity index (χ0v) is 11.9. The lowest BCUT2D eigenvalue weighted by Crippen LogP contribution is -2.27. The number of nitrogens with one attached hydrogen (secondary N) is 1. The molecule has 0 radical (unpaired) electrons. The quantitative estimate of drug-likeness (QED) is 0.787. The molecular weight excluding hydrogens is 268 g/mol. The smallest absolute Gasteiger partial charge is 0.0994 e. The van der Waals surface area contributed by atoms with Gasteiger partial charge in [0, 0.05) is 23.5 Å². The number of piperidine rings is 1. The molecule has 4 nitrogen and oxygen atoms in total. The van der Waals surface area contributed by atoms with Crippen LogP contribution in [-0.2, 0) is 0 Å². The Hall–Kier alpha value is -1.72. The Morgan fingerprint density at radius 2 is 2.15 bits per heavy atom. The van der Waals surface area contributed by atoms with Crippen LogP contribution < -0.4 is 5.32 Å². The maximum absolute atomic E-state index is 4.37. The van der Waals surface area contributed by atoms with E-state index in [0.717, 1.165) is 18.6 Å². The van der Waals surface area contributed by atoms with Crippen molar-refractivity contribution in [2.24, 2.45) is 0 Å². The molecule has 1 fully saturated rings. The summed E-state index contributed by atoms with van der Waals surface area (Å²) in [5, 5.41) is 3.42. The second-order valence-electron chi connectivity index (χ2n) is 5.22. The first-order valence-electron chi connectivity index (χ1n) is 6.98. The predicted octanol–water partition coefficient (Wildman–Crippen LogP) is 2.95. The van der Waals surface area contributed by atoms with Crippen molar-refractivity contribution in [2.45, 2.75) is 18.8 Å². The molecule has 102 valence electrons. The van der Waals surface area contributed by atoms with Crippen LogP contribution >= 0.6 is 11.3 Å². The van der Waals surface area contributed by atoms with Gasteiger partial charge in [0.1, 0.15) is 0 Å². The van der Waals surface area contributed by atoms with Gasteiger partial charge in [-0.2, -0.15) is 0 Å². The molecule has 0 bridgehead atoms. The van der Waals surface area contributed by atoms with Gasteiger partial charge in [-0.25, -0.2) is 9.97 Å². The highest BCUT2D eigenvalue weighted by Gasteiger charge is 2.19. The van der Waals surface area contributed by atoms with Crippen molar-refractivity contribution in [3.05, 3.63) is 41.9 Å². The highest BCUT2D eigenvalue weighted by Crippen LogP contribution is 2.28. The fraction of sp³-hybridized carbons (Fsp3) is 0.333. The van der Waals surface area contributed by atoms with E-state index in [-0.39, 0.29) is 0 Å². The van der Waals surface area contributed by atoms with Crippen LogP contribution in [0.2, 0.25) is 0 Å². The standard InChI is InChI=1S/C15H16N4S/c1-2-13-15(20-10-18-13)7-12(1)19-9-17-8-14(19)11-3-5-16-6-4-11/h1-2,7-11,16H,3-6H2. The molecule has 5 heteroatoms. The topological polar surface area (TPSA) is 42.7 Å². The van der Waals surface area contributed by atoms with Gasteiger partial charge in [0.25, 0.3) is 0 Å². The van der Waals surface area contributed by atoms with E-state index in [1.165, 1.54) is 28.9 Å². The maximum atomic E-state index is 4.37. The molecule has 0 saturated carbocycles. The second kappa shape index (κ2) is 5.00. The monoisotopic (exact) mass is 284 g/mol. The lowest BCUT2D eigenvalue weighted by atomic mass is 9.95. The van der Waals surface area contributed by atoms with Gasteiger partial charge in [-0.15, -0.1) is 11.3 Å². The summed E-state index contributed by atoms with van der Waals surface area (Å²) in [4.78, 5) is 8.71. The Balaban J connectivity index is 1.75. The summed E-state index contributed by atoms with van der Waals surface area (Å²) >= 11 is 1.69. The number of benzene rings is 1.